The Morgan fingerprint density at radius 1 is 0.516 bits per heavy atom. The van der Waals surface area contributed by atoms with Gasteiger partial charge in [0.05, 0.1) is 58.6 Å². The molecular formula is C72H60B2N8O8S3. The molecular weight excluding hydrogens is 1220 g/mol. The Kier molecular flexibility index (Phi) is 19.2. The van der Waals surface area contributed by atoms with E-state index in [1.165, 1.54) is 22.7 Å². The van der Waals surface area contributed by atoms with Crippen LogP contribution >= 0.6 is 22.7 Å². The van der Waals surface area contributed by atoms with Crippen LogP contribution in [0.15, 0.2) is 206 Å². The van der Waals surface area contributed by atoms with E-state index in [0.29, 0.717) is 115 Å². The number of aromatic nitrogens is 4. The molecule has 0 aliphatic heterocycles. The van der Waals surface area contributed by atoms with E-state index in [1.54, 1.807) is 14.2 Å². The maximum atomic E-state index is 12.5. The molecule has 0 fully saturated rings. The van der Waals surface area contributed by atoms with Crippen LogP contribution in [0.25, 0.3) is 64.9 Å². The smallest absolute Gasteiger partial charge is 0.328 e. The molecule has 2 amide bonds. The third-order valence-electron chi connectivity index (χ3n) is 16.1. The van der Waals surface area contributed by atoms with E-state index in [1.807, 2.05) is 162 Å². The highest BCUT2D eigenvalue weighted by Gasteiger charge is 2.38. The molecule has 0 spiro atoms. The monoisotopic (exact) mass is 1280 g/mol. The van der Waals surface area contributed by atoms with Gasteiger partial charge in [-0.05, 0) is 110 Å². The SMILES string of the molecule is COc1ccc2sc(/C(C#N)=c3/c4c(-c5ccc(OCCCCC(=O)N[SH](=O)=O)cc5)n(B(c5ccccc5)c5ccccc5)/c(=C(/C#N)c5nc6cc(OC)ccc6s5)c4c(-c4ccc(OCCCCC(N)=O)cc4)n3B(c3ccccc3)c3ccccc3)nc2c1. The number of hydrogen-bond acceptors (Lipinski definition) is 14. The molecule has 0 bridgehead atoms. The van der Waals surface area contributed by atoms with Crippen molar-refractivity contribution in [2.45, 2.75) is 38.5 Å². The predicted octanol–water partition coefficient (Wildman–Crippen LogP) is 8.99. The number of primary amides is 1. The highest BCUT2D eigenvalue weighted by molar-refractivity contribution is 7.71. The minimum atomic E-state index is -3.06. The molecule has 3 N–H and O–H groups in total. The summed E-state index contributed by atoms with van der Waals surface area (Å²) in [5.41, 5.74) is 13.7. The molecule has 0 saturated carbocycles. The van der Waals surface area contributed by atoms with Crippen LogP contribution in [0, 0.1) is 22.7 Å². The lowest BCUT2D eigenvalue weighted by atomic mass is 9.50. The summed E-state index contributed by atoms with van der Waals surface area (Å²) in [7, 11) is 0.162. The molecule has 0 aliphatic rings. The van der Waals surface area contributed by atoms with Gasteiger partial charge in [-0.2, -0.15) is 10.5 Å². The number of carbonyl (C=O) groups excluding carboxylic acids is 2. The number of amides is 2. The molecule has 460 valence electrons. The van der Waals surface area contributed by atoms with E-state index in [-0.39, 0.29) is 36.5 Å². The fourth-order valence-electron chi connectivity index (χ4n) is 11.9. The van der Waals surface area contributed by atoms with Gasteiger partial charge in [-0.1, -0.05) is 143 Å². The Morgan fingerprint density at radius 2 is 0.882 bits per heavy atom. The van der Waals surface area contributed by atoms with Crippen molar-refractivity contribution < 1.29 is 37.0 Å². The average Bonchev–Trinajstić information content (AvgIpc) is 1.53. The summed E-state index contributed by atoms with van der Waals surface area (Å²) >= 11 is 2.79. The highest BCUT2D eigenvalue weighted by Crippen LogP contribution is 2.39. The van der Waals surface area contributed by atoms with Gasteiger partial charge in [0.2, 0.25) is 22.7 Å². The maximum Gasteiger partial charge on any atom is 0.328 e. The zero-order valence-corrected chi connectivity index (χ0v) is 53.3. The van der Waals surface area contributed by atoms with Gasteiger partial charge >= 0.3 is 13.7 Å². The van der Waals surface area contributed by atoms with Gasteiger partial charge in [-0.25, -0.2) is 18.4 Å². The summed E-state index contributed by atoms with van der Waals surface area (Å²) in [6.07, 6.45) is 2.31. The largest absolute Gasteiger partial charge is 0.497 e. The number of methoxy groups -OCH3 is 2. The molecule has 0 saturated heterocycles. The molecule has 0 aliphatic carbocycles. The van der Waals surface area contributed by atoms with Crippen molar-refractivity contribution in [3.63, 3.8) is 0 Å². The van der Waals surface area contributed by atoms with Crippen molar-refractivity contribution in [3.05, 3.63) is 227 Å². The number of nitrogens with one attached hydrogen (secondary N) is 1. The first-order chi connectivity index (χ1) is 45.5. The number of hydrogen-bond donors (Lipinski definition) is 3. The zero-order valence-electron chi connectivity index (χ0n) is 50.7. The molecule has 12 rings (SSSR count). The van der Waals surface area contributed by atoms with Gasteiger partial charge in [-0.15, -0.1) is 22.7 Å². The fraction of sp³-hybridized carbons (Fsp3) is 0.139. The van der Waals surface area contributed by atoms with Gasteiger partial charge in [0, 0.05) is 47.1 Å². The average molecular weight is 1280 g/mol. The lowest BCUT2D eigenvalue weighted by molar-refractivity contribution is -0.119. The summed E-state index contributed by atoms with van der Waals surface area (Å²) in [6, 6.07) is 73.3. The molecule has 21 heteroatoms. The van der Waals surface area contributed by atoms with Gasteiger partial charge in [0.25, 0.3) is 0 Å². The van der Waals surface area contributed by atoms with Crippen LogP contribution in [0.5, 0.6) is 23.0 Å². The van der Waals surface area contributed by atoms with E-state index in [4.69, 9.17) is 34.6 Å². The third kappa shape index (κ3) is 13.4. The lowest BCUT2D eigenvalue weighted by Crippen LogP contribution is -2.54. The Morgan fingerprint density at radius 3 is 1.23 bits per heavy atom. The molecule has 8 aromatic carbocycles. The van der Waals surface area contributed by atoms with Crippen molar-refractivity contribution in [2.75, 3.05) is 27.4 Å². The van der Waals surface area contributed by atoms with Crippen molar-refractivity contribution in [3.8, 4) is 57.7 Å². The molecule has 4 aromatic heterocycles. The van der Waals surface area contributed by atoms with Crippen molar-refractivity contribution in [1.82, 2.24) is 23.6 Å². The van der Waals surface area contributed by atoms with E-state index in [2.05, 4.69) is 69.6 Å². The number of fused-ring (bicyclic) bond motifs is 3. The number of nitrogens with two attached hydrogens (primary N) is 1. The van der Waals surface area contributed by atoms with E-state index in [0.717, 1.165) is 36.8 Å². The molecule has 0 atom stereocenters. The van der Waals surface area contributed by atoms with Crippen LogP contribution < -0.4 is 62.0 Å². The normalized spacial score (nSPS) is 11.9. The van der Waals surface area contributed by atoms with Crippen LogP contribution in [0.4, 0.5) is 0 Å². The van der Waals surface area contributed by atoms with E-state index in [9.17, 15) is 28.5 Å². The van der Waals surface area contributed by atoms with Gasteiger partial charge in [-0.3, -0.25) is 14.3 Å². The van der Waals surface area contributed by atoms with Crippen molar-refractivity contribution in [1.29, 1.82) is 10.5 Å². The first-order valence-corrected chi connectivity index (χ1v) is 33.0. The number of thiazole rings is 2. The Labute approximate surface area is 547 Å². The summed E-state index contributed by atoms with van der Waals surface area (Å²) in [4.78, 5) is 34.5. The standard InChI is InChI=1S/C72H60B2N8O8S3/c1-87-55-37-39-61-59(43-55)78-71(91-61)57(45-75)69-65-66(68(82(69)74(51-23-11-5-12-24-51)52-25-13-6-14-26-52)48-31-35-54(36-32-48)90-42-18-16-28-64(84)80-93(85)86)70(58(46-76)72-79-60-44-56(88-2)38-40-62(60)92-72)81(73(49-19-7-3-8-20-49)50-21-9-4-10-22-50)67(65)47-29-33-53(34-30-47)89-41-17-15-27-63(77)83/h3-14,19-26,29-40,43-44,93H,15-18,27-28,41-42H2,1-2H3,(H2,77,83)(H,80,84,85,86)/b69-57-,70-58-. The van der Waals surface area contributed by atoms with Gasteiger partial charge < -0.3 is 33.6 Å². The number of unbranched alkanes of at least 4 members (excludes halogenated alkanes) is 2. The van der Waals surface area contributed by atoms with Crippen molar-refractivity contribution in [2.24, 2.45) is 5.73 Å². The van der Waals surface area contributed by atoms with Crippen LogP contribution in [0.2, 0.25) is 0 Å². The summed E-state index contributed by atoms with van der Waals surface area (Å²) in [5, 5.41) is 28.2. The van der Waals surface area contributed by atoms with Crippen LogP contribution in [-0.2, 0) is 20.5 Å². The number of rotatable bonds is 25. The third-order valence-corrected chi connectivity index (χ3v) is 18.6. The second-order valence-corrected chi connectivity index (χ2v) is 24.7. The summed E-state index contributed by atoms with van der Waals surface area (Å²) < 4.78 is 54.6. The second kappa shape index (κ2) is 28.6. The molecule has 4 heterocycles. The minimum absolute atomic E-state index is 0.0156. The predicted molar refractivity (Wildman–Crippen MR) is 372 cm³/mol. The van der Waals surface area contributed by atoms with Gasteiger partial charge in [0.1, 0.15) is 56.3 Å². The molecule has 16 nitrogen and oxygen atoms in total. The summed E-state index contributed by atoms with van der Waals surface area (Å²) in [6.45, 7) is -0.724. The number of carbonyl (C=O) groups is 2. The topological polar surface area (TPSA) is 226 Å². The Hall–Kier alpha value is -10.7. The lowest BCUT2D eigenvalue weighted by Gasteiger charge is -2.24. The quantitative estimate of drug-likeness (QED) is 0.0277. The van der Waals surface area contributed by atoms with Crippen LogP contribution in [-0.4, -0.2) is 80.3 Å². The maximum absolute atomic E-state index is 12.5. The number of ether oxygens (including phenoxy) is 4. The summed E-state index contributed by atoms with van der Waals surface area (Å²) in [5.74, 6) is 1.39. The number of benzene rings is 8. The molecule has 93 heavy (non-hydrogen) atoms. The highest BCUT2D eigenvalue weighted by atomic mass is 32.2. The van der Waals surface area contributed by atoms with Crippen molar-refractivity contribution >= 4 is 123 Å². The number of nitriles is 2. The van der Waals surface area contributed by atoms with Gasteiger partial charge in [0.15, 0.2) is 0 Å². The van der Waals surface area contributed by atoms with E-state index >= 15 is 0 Å². The first kappa shape index (κ1) is 62.5. The van der Waals surface area contributed by atoms with Crippen LogP contribution in [0.3, 0.4) is 0 Å². The van der Waals surface area contributed by atoms with E-state index < -0.39 is 30.5 Å². The minimum Gasteiger partial charge on any atom is -0.497 e. The fourth-order valence-corrected chi connectivity index (χ4v) is 14.1. The molecule has 0 radical (unpaired) electrons. The Balaban J connectivity index is 1.30. The Bertz CT molecular complexity index is 4820. The zero-order chi connectivity index (χ0) is 64.4. The second-order valence-electron chi connectivity index (χ2n) is 21.9. The van der Waals surface area contributed by atoms with Crippen LogP contribution in [0.1, 0.15) is 48.5 Å². The number of thiol groups is 1. The first-order valence-electron chi connectivity index (χ1n) is 30.2. The number of nitrogens with zero attached hydrogens (tertiary/aromatic N) is 6. The molecule has 0 unspecified atom stereocenters. The molecule has 12 aromatic rings.